The second-order valence-electron chi connectivity index (χ2n) is 5.09. The van der Waals surface area contributed by atoms with Gasteiger partial charge in [-0.05, 0) is 23.7 Å². The van der Waals surface area contributed by atoms with Gasteiger partial charge in [-0.3, -0.25) is 0 Å². The van der Waals surface area contributed by atoms with Crippen molar-refractivity contribution in [3.8, 4) is 0 Å². The zero-order valence-electron chi connectivity index (χ0n) is 8.58. The summed E-state index contributed by atoms with van der Waals surface area (Å²) in [7, 11) is 0. The van der Waals surface area contributed by atoms with Gasteiger partial charge in [-0.1, -0.05) is 27.7 Å². The molecule has 70 valence electrons. The lowest BCUT2D eigenvalue weighted by atomic mass is 9.80. The van der Waals surface area contributed by atoms with E-state index < -0.39 is 0 Å². The molecular weight excluding hydrogens is 148 g/mol. The first-order valence-corrected chi connectivity index (χ1v) is 5.26. The lowest BCUT2D eigenvalue weighted by Crippen LogP contribution is -2.30. The first-order valence-electron chi connectivity index (χ1n) is 5.26. The van der Waals surface area contributed by atoms with Crippen molar-refractivity contribution in [2.24, 2.45) is 23.7 Å². The number of ether oxygens (including phenoxy) is 1. The molecule has 2 heterocycles. The molecule has 3 aliphatic rings. The number of fused-ring (bicyclic) bond motifs is 1. The van der Waals surface area contributed by atoms with E-state index in [9.17, 15) is 0 Å². The van der Waals surface area contributed by atoms with Crippen molar-refractivity contribution in [1.29, 1.82) is 0 Å². The van der Waals surface area contributed by atoms with Gasteiger partial charge >= 0.3 is 0 Å². The molecule has 0 aromatic rings. The quantitative estimate of drug-likeness (QED) is 0.616. The van der Waals surface area contributed by atoms with Crippen LogP contribution >= 0.6 is 0 Å². The molecule has 3 fully saturated rings. The molecule has 1 heteroatoms. The molecule has 0 radical (unpaired) electrons. The van der Waals surface area contributed by atoms with E-state index in [1.165, 1.54) is 6.42 Å². The van der Waals surface area contributed by atoms with Gasteiger partial charge in [0.15, 0.2) is 0 Å². The third-order valence-electron chi connectivity index (χ3n) is 3.66. The fourth-order valence-electron chi connectivity index (χ4n) is 3.18. The van der Waals surface area contributed by atoms with Crippen LogP contribution in [0.5, 0.6) is 0 Å². The standard InChI is InChI=1S/C11H20O/c1-6(2)10-8-5-9(12-8)11(10)7(3)4/h6-11H,5H2,1-4H3. The van der Waals surface area contributed by atoms with Gasteiger partial charge in [-0.25, -0.2) is 0 Å². The molecule has 1 nitrogen and oxygen atoms in total. The predicted molar refractivity (Wildman–Crippen MR) is 49.9 cm³/mol. The van der Waals surface area contributed by atoms with E-state index >= 15 is 0 Å². The zero-order valence-corrected chi connectivity index (χ0v) is 8.58. The maximum Gasteiger partial charge on any atom is 0.0638 e. The van der Waals surface area contributed by atoms with Gasteiger partial charge in [0.1, 0.15) is 0 Å². The summed E-state index contributed by atoms with van der Waals surface area (Å²) in [6, 6.07) is 0. The molecule has 1 aliphatic carbocycles. The molecule has 2 aliphatic heterocycles. The highest BCUT2D eigenvalue weighted by atomic mass is 16.5. The lowest BCUT2D eigenvalue weighted by Gasteiger charge is -2.27. The number of hydrogen-bond donors (Lipinski definition) is 0. The van der Waals surface area contributed by atoms with Crippen molar-refractivity contribution >= 4 is 0 Å². The predicted octanol–water partition coefficient (Wildman–Crippen LogP) is 2.70. The zero-order chi connectivity index (χ0) is 8.88. The van der Waals surface area contributed by atoms with Crippen LogP contribution in [0.2, 0.25) is 0 Å². The van der Waals surface area contributed by atoms with Crippen LogP contribution in [0.4, 0.5) is 0 Å². The van der Waals surface area contributed by atoms with Crippen molar-refractivity contribution in [2.75, 3.05) is 0 Å². The molecule has 4 unspecified atom stereocenters. The van der Waals surface area contributed by atoms with Crippen LogP contribution < -0.4 is 0 Å². The van der Waals surface area contributed by atoms with Crippen molar-refractivity contribution in [3.63, 3.8) is 0 Å². The highest BCUT2D eigenvalue weighted by Crippen LogP contribution is 2.52. The van der Waals surface area contributed by atoms with Crippen LogP contribution in [0.25, 0.3) is 0 Å². The summed E-state index contributed by atoms with van der Waals surface area (Å²) in [5.41, 5.74) is 0. The molecule has 12 heavy (non-hydrogen) atoms. The molecule has 3 rings (SSSR count). The second kappa shape index (κ2) is 2.73. The molecule has 4 atom stereocenters. The summed E-state index contributed by atoms with van der Waals surface area (Å²) >= 11 is 0. The minimum Gasteiger partial charge on any atom is -0.374 e. The fraction of sp³-hybridized carbons (Fsp3) is 1.00. The van der Waals surface area contributed by atoms with Crippen molar-refractivity contribution in [3.05, 3.63) is 0 Å². The highest BCUT2D eigenvalue weighted by Gasteiger charge is 2.55. The number of hydrogen-bond acceptors (Lipinski definition) is 1. The van der Waals surface area contributed by atoms with E-state index in [0.29, 0.717) is 12.2 Å². The first-order chi connectivity index (χ1) is 5.61. The van der Waals surface area contributed by atoms with Crippen LogP contribution in [-0.4, -0.2) is 12.2 Å². The van der Waals surface area contributed by atoms with Gasteiger partial charge < -0.3 is 4.74 Å². The van der Waals surface area contributed by atoms with Crippen molar-refractivity contribution in [1.82, 2.24) is 0 Å². The number of rotatable bonds is 2. The van der Waals surface area contributed by atoms with Gasteiger partial charge in [0.25, 0.3) is 0 Å². The monoisotopic (exact) mass is 168 g/mol. The molecular formula is C11H20O. The molecule has 0 spiro atoms. The van der Waals surface area contributed by atoms with Gasteiger partial charge in [0.2, 0.25) is 0 Å². The van der Waals surface area contributed by atoms with E-state index in [2.05, 4.69) is 27.7 Å². The second-order valence-corrected chi connectivity index (χ2v) is 5.09. The Kier molecular flexibility index (Phi) is 1.95. The van der Waals surface area contributed by atoms with Gasteiger partial charge in [-0.15, -0.1) is 0 Å². The molecule has 2 saturated heterocycles. The topological polar surface area (TPSA) is 9.23 Å². The van der Waals surface area contributed by atoms with Crippen LogP contribution in [-0.2, 0) is 4.74 Å². The third-order valence-corrected chi connectivity index (χ3v) is 3.66. The highest BCUT2D eigenvalue weighted by molar-refractivity contribution is 5.02. The van der Waals surface area contributed by atoms with E-state index in [-0.39, 0.29) is 0 Å². The van der Waals surface area contributed by atoms with E-state index in [4.69, 9.17) is 4.74 Å². The Morgan fingerprint density at radius 3 is 1.50 bits per heavy atom. The summed E-state index contributed by atoms with van der Waals surface area (Å²) < 4.78 is 5.80. The summed E-state index contributed by atoms with van der Waals surface area (Å²) in [5.74, 6) is 3.29. The Hall–Kier alpha value is -0.0400. The maximum atomic E-state index is 5.80. The Labute approximate surface area is 75.5 Å². The largest absolute Gasteiger partial charge is 0.374 e. The Morgan fingerprint density at radius 1 is 0.917 bits per heavy atom. The van der Waals surface area contributed by atoms with Crippen molar-refractivity contribution < 1.29 is 4.74 Å². The maximum absolute atomic E-state index is 5.80. The van der Waals surface area contributed by atoms with Crippen LogP contribution in [0.15, 0.2) is 0 Å². The fourth-order valence-corrected chi connectivity index (χ4v) is 3.18. The molecule has 2 bridgehead atoms. The summed E-state index contributed by atoms with van der Waals surface area (Å²) in [6.07, 6.45) is 2.57. The summed E-state index contributed by atoms with van der Waals surface area (Å²) in [4.78, 5) is 0. The Balaban J connectivity index is 2.11. The normalized spacial score (nSPS) is 45.5. The van der Waals surface area contributed by atoms with E-state index in [0.717, 1.165) is 23.7 Å². The smallest absolute Gasteiger partial charge is 0.0638 e. The van der Waals surface area contributed by atoms with Crippen LogP contribution in [0.3, 0.4) is 0 Å². The minimum atomic E-state index is 0.613. The van der Waals surface area contributed by atoms with Crippen LogP contribution in [0.1, 0.15) is 34.1 Å². The average molecular weight is 168 g/mol. The summed E-state index contributed by atoms with van der Waals surface area (Å²) in [6.45, 7) is 9.35. The third kappa shape index (κ3) is 1.02. The molecule has 0 aromatic carbocycles. The Morgan fingerprint density at radius 2 is 1.25 bits per heavy atom. The minimum absolute atomic E-state index is 0.613. The average Bonchev–Trinajstić information content (AvgIpc) is 2.34. The molecule has 0 amide bonds. The first kappa shape index (κ1) is 8.55. The summed E-state index contributed by atoms with van der Waals surface area (Å²) in [5, 5.41) is 0. The van der Waals surface area contributed by atoms with Gasteiger partial charge in [-0.2, -0.15) is 0 Å². The van der Waals surface area contributed by atoms with E-state index in [1.807, 2.05) is 0 Å². The van der Waals surface area contributed by atoms with E-state index in [1.54, 1.807) is 0 Å². The lowest BCUT2D eigenvalue weighted by molar-refractivity contribution is -0.0858. The van der Waals surface area contributed by atoms with Gasteiger partial charge in [0, 0.05) is 6.42 Å². The molecule has 0 aromatic heterocycles. The molecule has 0 N–H and O–H groups in total. The Bertz CT molecular complexity index is 150. The van der Waals surface area contributed by atoms with Gasteiger partial charge in [0.05, 0.1) is 12.2 Å². The van der Waals surface area contributed by atoms with Crippen molar-refractivity contribution in [2.45, 2.75) is 46.3 Å². The SMILES string of the molecule is CC(C)C1C2CC(O2)C1C(C)C. The molecule has 1 saturated carbocycles. The van der Waals surface area contributed by atoms with Crippen LogP contribution in [0, 0.1) is 23.7 Å².